The summed E-state index contributed by atoms with van der Waals surface area (Å²) in [4.78, 5) is 28.8. The Morgan fingerprint density at radius 1 is 1.10 bits per heavy atom. The van der Waals surface area contributed by atoms with Crippen molar-refractivity contribution in [1.29, 1.82) is 0 Å². The van der Waals surface area contributed by atoms with Gasteiger partial charge >= 0.3 is 16.1 Å². The van der Waals surface area contributed by atoms with Gasteiger partial charge in [0.05, 0.1) is 16.3 Å². The summed E-state index contributed by atoms with van der Waals surface area (Å²) in [6, 6.07) is 11.8. The third-order valence-corrected chi connectivity index (χ3v) is 6.02. The van der Waals surface area contributed by atoms with E-state index in [1.165, 1.54) is 37.3 Å². The maximum atomic E-state index is 12.7. The lowest BCUT2D eigenvalue weighted by Crippen LogP contribution is -2.33. The standard InChI is InChI=1S/C21H22N2O6S/c1-5-21(3,4)20(25)28-15-10-12-16(13-11-15)30(26,27)29-23-14(2)22-18-9-7-6-8-17(18)19(23)24/h6-13H,5H2,1-4H3. The first-order valence-electron chi connectivity index (χ1n) is 9.31. The molecule has 3 aromatic rings. The Hall–Kier alpha value is -3.20. The monoisotopic (exact) mass is 430 g/mol. The van der Waals surface area contributed by atoms with Gasteiger partial charge in [-0.15, -0.1) is 4.73 Å². The SMILES string of the molecule is CCC(C)(C)C(=O)Oc1ccc(S(=O)(=O)On2c(C)nc3ccccc3c2=O)cc1. The zero-order chi connectivity index (χ0) is 22.1. The molecule has 0 unspecified atom stereocenters. The third-order valence-electron chi connectivity index (χ3n) is 4.83. The minimum absolute atomic E-state index is 0.0922. The van der Waals surface area contributed by atoms with E-state index >= 15 is 0 Å². The summed E-state index contributed by atoms with van der Waals surface area (Å²) in [6.45, 7) is 6.88. The van der Waals surface area contributed by atoms with E-state index in [0.29, 0.717) is 16.7 Å². The highest BCUT2D eigenvalue weighted by Gasteiger charge is 2.28. The molecule has 30 heavy (non-hydrogen) atoms. The maximum absolute atomic E-state index is 12.7. The van der Waals surface area contributed by atoms with Gasteiger partial charge in [0.2, 0.25) is 0 Å². The number of esters is 1. The van der Waals surface area contributed by atoms with Crippen LogP contribution < -0.4 is 14.6 Å². The van der Waals surface area contributed by atoms with Gasteiger partial charge in [0, 0.05) is 0 Å². The van der Waals surface area contributed by atoms with Gasteiger partial charge in [-0.3, -0.25) is 13.9 Å². The number of fused-ring (bicyclic) bond motifs is 1. The second-order valence-electron chi connectivity index (χ2n) is 7.40. The molecule has 0 amide bonds. The van der Waals surface area contributed by atoms with Crippen LogP contribution in [0.2, 0.25) is 0 Å². The summed E-state index contributed by atoms with van der Waals surface area (Å²) in [5, 5.41) is 0.235. The predicted molar refractivity (Wildman–Crippen MR) is 111 cm³/mol. The number of para-hydroxylation sites is 1. The number of nitrogens with zero attached hydrogens (tertiary/aromatic N) is 2. The molecule has 158 valence electrons. The molecule has 0 fully saturated rings. The van der Waals surface area contributed by atoms with Crippen LogP contribution in [-0.2, 0) is 14.9 Å². The van der Waals surface area contributed by atoms with Crippen LogP contribution in [0.4, 0.5) is 0 Å². The van der Waals surface area contributed by atoms with Crippen LogP contribution in [-0.4, -0.2) is 24.1 Å². The van der Waals surface area contributed by atoms with Crippen molar-refractivity contribution in [2.45, 2.75) is 39.0 Å². The van der Waals surface area contributed by atoms with Crippen molar-refractivity contribution in [3.05, 3.63) is 64.7 Å². The van der Waals surface area contributed by atoms with E-state index in [4.69, 9.17) is 9.02 Å². The second kappa shape index (κ2) is 7.91. The molecule has 2 aromatic carbocycles. The molecule has 0 aliphatic carbocycles. The molecule has 0 radical (unpaired) electrons. The van der Waals surface area contributed by atoms with Crippen molar-refractivity contribution in [1.82, 2.24) is 9.71 Å². The molecular weight excluding hydrogens is 408 g/mol. The molecule has 3 rings (SSSR count). The fourth-order valence-electron chi connectivity index (χ4n) is 2.52. The molecule has 1 heterocycles. The number of ether oxygens (including phenoxy) is 1. The molecule has 0 saturated carbocycles. The van der Waals surface area contributed by atoms with Gasteiger partial charge in [0.25, 0.3) is 5.56 Å². The van der Waals surface area contributed by atoms with E-state index < -0.39 is 27.1 Å². The highest BCUT2D eigenvalue weighted by molar-refractivity contribution is 7.87. The van der Waals surface area contributed by atoms with E-state index in [1.807, 2.05) is 6.92 Å². The van der Waals surface area contributed by atoms with Crippen molar-refractivity contribution in [3.8, 4) is 5.75 Å². The number of aromatic nitrogens is 2. The van der Waals surface area contributed by atoms with E-state index in [-0.39, 0.29) is 21.9 Å². The molecule has 0 bridgehead atoms. The van der Waals surface area contributed by atoms with Crippen LogP contribution in [0.1, 0.15) is 33.0 Å². The van der Waals surface area contributed by atoms with Gasteiger partial charge in [-0.05, 0) is 63.6 Å². The summed E-state index contributed by atoms with van der Waals surface area (Å²) < 4.78 is 36.3. The molecule has 9 heteroatoms. The molecule has 0 N–H and O–H groups in total. The first kappa shape index (κ1) is 21.5. The van der Waals surface area contributed by atoms with Crippen LogP contribution in [0.15, 0.2) is 58.2 Å². The number of aryl methyl sites for hydroxylation is 1. The molecular formula is C21H22N2O6S. The largest absolute Gasteiger partial charge is 0.426 e. The average Bonchev–Trinajstić information content (AvgIpc) is 2.71. The summed E-state index contributed by atoms with van der Waals surface area (Å²) in [5.41, 5.74) is -0.845. The molecule has 0 aliphatic heterocycles. The number of rotatable bonds is 6. The Morgan fingerprint density at radius 3 is 2.37 bits per heavy atom. The predicted octanol–water partition coefficient (Wildman–Crippen LogP) is 2.86. The van der Waals surface area contributed by atoms with Gasteiger partial charge in [-0.1, -0.05) is 19.1 Å². The van der Waals surface area contributed by atoms with Crippen molar-refractivity contribution < 1.29 is 22.2 Å². The highest BCUT2D eigenvalue weighted by Crippen LogP contribution is 2.24. The molecule has 0 atom stereocenters. The molecule has 0 spiro atoms. The van der Waals surface area contributed by atoms with Gasteiger partial charge < -0.3 is 4.74 Å². The van der Waals surface area contributed by atoms with Gasteiger partial charge in [0.1, 0.15) is 16.5 Å². The van der Waals surface area contributed by atoms with E-state index in [9.17, 15) is 18.0 Å². The third kappa shape index (κ3) is 4.20. The van der Waals surface area contributed by atoms with Crippen LogP contribution in [0.5, 0.6) is 5.75 Å². The average molecular weight is 430 g/mol. The van der Waals surface area contributed by atoms with Crippen molar-refractivity contribution in [3.63, 3.8) is 0 Å². The number of benzene rings is 2. The summed E-state index contributed by atoms with van der Waals surface area (Å²) in [5.74, 6) is -0.114. The Kier molecular flexibility index (Phi) is 5.67. The lowest BCUT2D eigenvalue weighted by atomic mass is 9.91. The minimum Gasteiger partial charge on any atom is -0.426 e. The zero-order valence-corrected chi connectivity index (χ0v) is 17.9. The number of carbonyl (C=O) groups is 1. The Labute approximate surface area is 174 Å². The quantitative estimate of drug-likeness (QED) is 0.437. The van der Waals surface area contributed by atoms with Crippen LogP contribution in [0.3, 0.4) is 0 Å². The normalized spacial score (nSPS) is 12.0. The lowest BCUT2D eigenvalue weighted by molar-refractivity contribution is -0.144. The molecule has 1 aromatic heterocycles. The number of hydrogen-bond acceptors (Lipinski definition) is 7. The first-order chi connectivity index (χ1) is 14.0. The van der Waals surface area contributed by atoms with Crippen LogP contribution in [0.25, 0.3) is 10.9 Å². The number of carbonyl (C=O) groups excluding carboxylic acids is 1. The molecule has 0 aliphatic rings. The first-order valence-corrected chi connectivity index (χ1v) is 10.7. The van der Waals surface area contributed by atoms with E-state index in [1.54, 1.807) is 32.0 Å². The van der Waals surface area contributed by atoms with Crippen molar-refractivity contribution in [2.75, 3.05) is 0 Å². The van der Waals surface area contributed by atoms with Crippen LogP contribution in [0, 0.1) is 12.3 Å². The van der Waals surface area contributed by atoms with Crippen molar-refractivity contribution in [2.24, 2.45) is 5.41 Å². The Morgan fingerprint density at radius 2 is 1.73 bits per heavy atom. The zero-order valence-electron chi connectivity index (χ0n) is 17.1. The highest BCUT2D eigenvalue weighted by atomic mass is 32.2. The fraction of sp³-hybridized carbons (Fsp3) is 0.286. The number of hydrogen-bond donors (Lipinski definition) is 0. The Bertz CT molecular complexity index is 1260. The van der Waals surface area contributed by atoms with E-state index in [0.717, 1.165) is 0 Å². The second-order valence-corrected chi connectivity index (χ2v) is 8.93. The fourth-order valence-corrected chi connectivity index (χ4v) is 3.45. The summed E-state index contributed by atoms with van der Waals surface area (Å²) >= 11 is 0. The summed E-state index contributed by atoms with van der Waals surface area (Å²) in [6.07, 6.45) is 0.597. The minimum atomic E-state index is -4.32. The van der Waals surface area contributed by atoms with Gasteiger partial charge in [-0.2, -0.15) is 8.42 Å². The van der Waals surface area contributed by atoms with E-state index in [2.05, 4.69) is 4.98 Å². The maximum Gasteiger partial charge on any atom is 0.357 e. The lowest BCUT2D eigenvalue weighted by Gasteiger charge is -2.20. The molecule has 8 nitrogen and oxygen atoms in total. The molecule has 0 saturated heterocycles. The topological polar surface area (TPSA) is 105 Å². The summed E-state index contributed by atoms with van der Waals surface area (Å²) in [7, 11) is -4.32. The van der Waals surface area contributed by atoms with Gasteiger partial charge in [0.15, 0.2) is 0 Å². The Balaban J connectivity index is 1.87. The van der Waals surface area contributed by atoms with Crippen molar-refractivity contribution >= 4 is 27.0 Å². The van der Waals surface area contributed by atoms with Crippen LogP contribution >= 0.6 is 0 Å². The smallest absolute Gasteiger partial charge is 0.357 e. The van der Waals surface area contributed by atoms with Gasteiger partial charge in [-0.25, -0.2) is 4.98 Å².